The first-order valence-corrected chi connectivity index (χ1v) is 6.95. The van der Waals surface area contributed by atoms with Crippen molar-refractivity contribution >= 4 is 17.1 Å². The van der Waals surface area contributed by atoms with Gasteiger partial charge in [0.1, 0.15) is 18.3 Å². The number of aromatic nitrogens is 4. The molecule has 0 unspecified atom stereocenters. The second kappa shape index (κ2) is 5.74. The number of nitrogens with zero attached hydrogens (tertiary/aromatic N) is 4. The summed E-state index contributed by atoms with van der Waals surface area (Å²) in [5, 5.41) is 29.1. The van der Waals surface area contributed by atoms with Crippen LogP contribution in [0.25, 0.3) is 11.2 Å². The van der Waals surface area contributed by atoms with Gasteiger partial charge < -0.3 is 25.8 Å². The Balaban J connectivity index is 2.11. The van der Waals surface area contributed by atoms with Crippen LogP contribution in [-0.2, 0) is 11.3 Å². The van der Waals surface area contributed by atoms with Crippen molar-refractivity contribution < 1.29 is 20.1 Å². The molecule has 23 heavy (non-hydrogen) atoms. The highest BCUT2D eigenvalue weighted by Crippen LogP contribution is 2.30. The lowest BCUT2D eigenvalue weighted by Crippen LogP contribution is -2.33. The Labute approximate surface area is 130 Å². The number of aliphatic hydroxyl groups is 3. The van der Waals surface area contributed by atoms with E-state index in [1.54, 1.807) is 0 Å². The summed E-state index contributed by atoms with van der Waals surface area (Å²) in [5.41, 5.74) is 5.52. The Kier molecular flexibility index (Phi) is 3.90. The van der Waals surface area contributed by atoms with E-state index in [4.69, 9.17) is 15.6 Å². The molecule has 1 fully saturated rings. The summed E-state index contributed by atoms with van der Waals surface area (Å²) in [6.07, 6.45) is -1.76. The molecule has 10 nitrogen and oxygen atoms in total. The lowest BCUT2D eigenvalue weighted by Gasteiger charge is -2.16. The first-order valence-electron chi connectivity index (χ1n) is 6.95. The fraction of sp³-hybridized carbons (Fsp3) is 0.462. The number of hydrogen-bond donors (Lipinski definition) is 4. The van der Waals surface area contributed by atoms with Gasteiger partial charge in [-0.15, -0.1) is 6.58 Å². The van der Waals surface area contributed by atoms with E-state index in [-0.39, 0.29) is 23.7 Å². The van der Waals surface area contributed by atoms with Crippen LogP contribution in [0.2, 0.25) is 0 Å². The summed E-state index contributed by atoms with van der Waals surface area (Å²) < 4.78 is 7.94. The van der Waals surface area contributed by atoms with E-state index in [1.807, 2.05) is 0 Å². The number of allylic oxidation sites excluding steroid dienone is 1. The molecule has 1 saturated heterocycles. The normalized spacial score (nSPS) is 27.6. The third kappa shape index (κ3) is 2.32. The van der Waals surface area contributed by atoms with Crippen LogP contribution in [0.5, 0.6) is 0 Å². The fourth-order valence-corrected chi connectivity index (χ4v) is 2.62. The van der Waals surface area contributed by atoms with Crippen LogP contribution in [0.3, 0.4) is 0 Å². The highest BCUT2D eigenvalue weighted by atomic mass is 16.6. The fourth-order valence-electron chi connectivity index (χ4n) is 2.62. The van der Waals surface area contributed by atoms with Gasteiger partial charge in [-0.25, -0.2) is 4.98 Å². The van der Waals surface area contributed by atoms with Gasteiger partial charge in [-0.05, 0) is 0 Å². The summed E-state index contributed by atoms with van der Waals surface area (Å²) in [5.74, 6) is -0.0316. The van der Waals surface area contributed by atoms with Crippen molar-refractivity contribution in [3.8, 4) is 0 Å². The third-order valence-electron chi connectivity index (χ3n) is 3.82. The number of anilines is 1. The Morgan fingerprint density at radius 1 is 1.43 bits per heavy atom. The summed E-state index contributed by atoms with van der Waals surface area (Å²) in [4.78, 5) is 20.5. The zero-order valence-electron chi connectivity index (χ0n) is 12.1. The molecular formula is C13H17N5O5. The van der Waals surface area contributed by atoms with Gasteiger partial charge in [0.15, 0.2) is 17.4 Å². The van der Waals surface area contributed by atoms with Gasteiger partial charge in [0.25, 0.3) is 5.56 Å². The summed E-state index contributed by atoms with van der Waals surface area (Å²) in [6, 6.07) is 0. The number of hydrogen-bond acceptors (Lipinski definition) is 8. The summed E-state index contributed by atoms with van der Waals surface area (Å²) >= 11 is 0. The van der Waals surface area contributed by atoms with Crippen LogP contribution in [0.4, 0.5) is 5.95 Å². The van der Waals surface area contributed by atoms with Gasteiger partial charge in [-0.2, -0.15) is 4.98 Å². The zero-order chi connectivity index (χ0) is 16.7. The monoisotopic (exact) mass is 323 g/mol. The van der Waals surface area contributed by atoms with Gasteiger partial charge in [0.05, 0.1) is 12.9 Å². The van der Waals surface area contributed by atoms with Gasteiger partial charge in [-0.3, -0.25) is 13.9 Å². The number of imidazole rings is 1. The van der Waals surface area contributed by atoms with Crippen molar-refractivity contribution in [1.29, 1.82) is 0 Å². The Morgan fingerprint density at radius 3 is 2.78 bits per heavy atom. The van der Waals surface area contributed by atoms with Crippen molar-refractivity contribution in [1.82, 2.24) is 19.1 Å². The van der Waals surface area contributed by atoms with E-state index in [0.29, 0.717) is 0 Å². The van der Waals surface area contributed by atoms with Crippen LogP contribution in [-0.4, -0.2) is 59.3 Å². The minimum atomic E-state index is -1.30. The maximum Gasteiger partial charge on any atom is 0.283 e. The van der Waals surface area contributed by atoms with E-state index in [1.165, 1.54) is 21.5 Å². The SMILES string of the molecule is C=CCn1c(N)nc2c(ncn2[C@@H]2O[C@H](CO)[C@@H](O)[C@H]2O)c1=O. The minimum absolute atomic E-state index is 0.0316. The number of rotatable bonds is 4. The summed E-state index contributed by atoms with van der Waals surface area (Å²) in [6.45, 7) is 3.28. The molecule has 0 aromatic carbocycles. The maximum absolute atomic E-state index is 12.4. The van der Waals surface area contributed by atoms with E-state index < -0.39 is 36.7 Å². The molecule has 10 heteroatoms. The smallest absolute Gasteiger partial charge is 0.283 e. The molecule has 0 amide bonds. The predicted molar refractivity (Wildman–Crippen MR) is 79.4 cm³/mol. The van der Waals surface area contributed by atoms with Crippen molar-refractivity contribution in [2.75, 3.05) is 12.3 Å². The minimum Gasteiger partial charge on any atom is -0.394 e. The molecule has 0 radical (unpaired) electrons. The topological polar surface area (TPSA) is 149 Å². The largest absolute Gasteiger partial charge is 0.394 e. The lowest BCUT2D eigenvalue weighted by atomic mass is 10.1. The average molecular weight is 323 g/mol. The highest BCUT2D eigenvalue weighted by molar-refractivity contribution is 5.71. The van der Waals surface area contributed by atoms with E-state index in [2.05, 4.69) is 16.5 Å². The predicted octanol–water partition coefficient (Wildman–Crippen LogP) is -2.03. The quantitative estimate of drug-likeness (QED) is 0.471. The van der Waals surface area contributed by atoms with Gasteiger partial charge in [0, 0.05) is 6.54 Å². The van der Waals surface area contributed by atoms with Gasteiger partial charge in [-0.1, -0.05) is 6.08 Å². The van der Waals surface area contributed by atoms with Crippen LogP contribution < -0.4 is 11.3 Å². The van der Waals surface area contributed by atoms with E-state index >= 15 is 0 Å². The first kappa shape index (κ1) is 15.6. The van der Waals surface area contributed by atoms with Crippen molar-refractivity contribution in [2.24, 2.45) is 0 Å². The van der Waals surface area contributed by atoms with Crippen LogP contribution in [0.1, 0.15) is 6.23 Å². The number of ether oxygens (including phenoxy) is 1. The molecule has 124 valence electrons. The molecule has 3 rings (SSSR count). The second-order valence-corrected chi connectivity index (χ2v) is 5.23. The van der Waals surface area contributed by atoms with E-state index in [0.717, 1.165) is 0 Å². The Morgan fingerprint density at radius 2 is 2.17 bits per heavy atom. The molecule has 0 saturated carbocycles. The Bertz CT molecular complexity index is 800. The van der Waals surface area contributed by atoms with Crippen LogP contribution >= 0.6 is 0 Å². The molecule has 2 aromatic heterocycles. The zero-order valence-corrected chi connectivity index (χ0v) is 12.1. The molecule has 0 spiro atoms. The van der Waals surface area contributed by atoms with Gasteiger partial charge >= 0.3 is 0 Å². The molecule has 0 aliphatic carbocycles. The van der Waals surface area contributed by atoms with Crippen molar-refractivity contribution in [3.63, 3.8) is 0 Å². The lowest BCUT2D eigenvalue weighted by molar-refractivity contribution is -0.0511. The first-order chi connectivity index (χ1) is 11.0. The standard InChI is InChI=1S/C13H17N5O5/c1-2-3-17-11(22)7-10(16-13(17)14)18(5-15-7)12-9(21)8(20)6(4-19)23-12/h2,5-6,8-9,12,19-21H,1,3-4H2,(H2,14,16)/t6-,8-,9-,12-/m1/s1. The van der Waals surface area contributed by atoms with E-state index in [9.17, 15) is 15.0 Å². The summed E-state index contributed by atoms with van der Waals surface area (Å²) in [7, 11) is 0. The number of aliphatic hydroxyl groups excluding tert-OH is 3. The number of nitrogens with two attached hydrogens (primary N) is 1. The molecular weight excluding hydrogens is 306 g/mol. The van der Waals surface area contributed by atoms with Crippen LogP contribution in [0.15, 0.2) is 23.8 Å². The number of nitrogen functional groups attached to an aromatic ring is 1. The van der Waals surface area contributed by atoms with Crippen molar-refractivity contribution in [2.45, 2.75) is 31.1 Å². The molecule has 5 N–H and O–H groups in total. The maximum atomic E-state index is 12.4. The molecule has 1 aliphatic rings. The third-order valence-corrected chi connectivity index (χ3v) is 3.82. The highest BCUT2D eigenvalue weighted by Gasteiger charge is 2.44. The van der Waals surface area contributed by atoms with Crippen LogP contribution in [0, 0.1) is 0 Å². The molecule has 2 aromatic rings. The van der Waals surface area contributed by atoms with Gasteiger partial charge in [0.2, 0.25) is 5.95 Å². The average Bonchev–Trinajstić information content (AvgIpc) is 3.06. The molecule has 3 heterocycles. The number of fused-ring (bicyclic) bond motifs is 1. The molecule has 4 atom stereocenters. The van der Waals surface area contributed by atoms with Crippen molar-refractivity contribution in [3.05, 3.63) is 29.3 Å². The molecule has 1 aliphatic heterocycles. The molecule has 0 bridgehead atoms. The second-order valence-electron chi connectivity index (χ2n) is 5.23. The Hall–Kier alpha value is -2.27.